The van der Waals surface area contributed by atoms with Crippen molar-refractivity contribution in [3.8, 4) is 6.01 Å². The Morgan fingerprint density at radius 1 is 0.905 bits per heavy atom. The highest BCUT2D eigenvalue weighted by Gasteiger charge is 2.31. The predicted octanol–water partition coefficient (Wildman–Crippen LogP) is 4.66. The number of benzene rings is 2. The molecule has 42 heavy (non-hydrogen) atoms. The monoisotopic (exact) mass is 619 g/mol. The van der Waals surface area contributed by atoms with Crippen LogP contribution in [0.1, 0.15) is 18.1 Å². The fourth-order valence-electron chi connectivity index (χ4n) is 4.06. The molecule has 4 rings (SSSR count). The first kappa shape index (κ1) is 31.1. The molecule has 2 heterocycles. The molecule has 0 radical (unpaired) electrons. The third-order valence-corrected chi connectivity index (χ3v) is 8.03. The minimum absolute atomic E-state index is 0.0331. The van der Waals surface area contributed by atoms with E-state index >= 15 is 0 Å². The summed E-state index contributed by atoms with van der Waals surface area (Å²) in [6.45, 7) is 1.73. The second-order valence-corrected chi connectivity index (χ2v) is 11.4. The smallest absolute Gasteiger partial charge is 0.422 e. The number of anilines is 4. The maximum absolute atomic E-state index is 13.1. The molecule has 0 unspecified atom stereocenters. The molecule has 0 amide bonds. The van der Waals surface area contributed by atoms with E-state index in [-0.39, 0.29) is 29.9 Å². The van der Waals surface area contributed by atoms with Gasteiger partial charge in [-0.2, -0.15) is 45.6 Å². The minimum atomic E-state index is -4.68. The number of rotatable bonds is 10. The van der Waals surface area contributed by atoms with Crippen LogP contribution in [0.15, 0.2) is 48.5 Å². The van der Waals surface area contributed by atoms with Crippen molar-refractivity contribution < 1.29 is 39.5 Å². The number of ether oxygens (including phenoxy) is 1. The highest BCUT2D eigenvalue weighted by molar-refractivity contribution is 7.89. The van der Waals surface area contributed by atoms with Crippen molar-refractivity contribution in [1.29, 1.82) is 0 Å². The lowest BCUT2D eigenvalue weighted by molar-refractivity contribution is -0.154. The van der Waals surface area contributed by atoms with Crippen LogP contribution in [0.3, 0.4) is 0 Å². The van der Waals surface area contributed by atoms with Crippen molar-refractivity contribution in [2.24, 2.45) is 0 Å². The van der Waals surface area contributed by atoms with Crippen LogP contribution in [0.4, 0.5) is 49.6 Å². The third kappa shape index (κ3) is 8.58. The fraction of sp³-hybridized carbons (Fsp3) is 0.400. The topological polar surface area (TPSA) is 113 Å². The normalized spacial score (nSPS) is 15.0. The Kier molecular flexibility index (Phi) is 9.30. The van der Waals surface area contributed by atoms with Crippen molar-refractivity contribution in [2.45, 2.75) is 25.8 Å². The van der Waals surface area contributed by atoms with Gasteiger partial charge in [0.1, 0.15) is 0 Å². The summed E-state index contributed by atoms with van der Waals surface area (Å²) in [7, 11) is -3.27. The number of halogens is 6. The van der Waals surface area contributed by atoms with Crippen LogP contribution in [-0.2, 0) is 22.7 Å². The average molecular weight is 620 g/mol. The Labute approximate surface area is 237 Å². The Balaban J connectivity index is 1.48. The lowest BCUT2D eigenvalue weighted by Crippen LogP contribution is -2.49. The van der Waals surface area contributed by atoms with E-state index in [0.717, 1.165) is 29.4 Å². The van der Waals surface area contributed by atoms with Gasteiger partial charge < -0.3 is 20.3 Å². The standard InChI is InChI=1S/C25H27F6N7O3S/c1-2-42(39,40)38-11-9-37(10-12-38)20-8-3-5-17(13-20)15-32-21-34-22(36-23(35-21)41-16-24(26,27)28)33-19-7-4-6-18(14-19)25(29,30)31/h3-8,13-14H,2,9-12,15-16H2,1H3,(H2,32,33,34,35,36). The maximum Gasteiger partial charge on any atom is 0.422 e. The molecule has 10 nitrogen and oxygen atoms in total. The Bertz CT molecular complexity index is 1480. The molecule has 3 aromatic rings. The highest BCUT2D eigenvalue weighted by atomic mass is 32.2. The Morgan fingerprint density at radius 3 is 2.26 bits per heavy atom. The van der Waals surface area contributed by atoms with Crippen LogP contribution in [0, 0.1) is 0 Å². The van der Waals surface area contributed by atoms with Crippen LogP contribution >= 0.6 is 0 Å². The Hall–Kier alpha value is -3.86. The molecule has 1 aliphatic heterocycles. The van der Waals surface area contributed by atoms with Gasteiger partial charge in [-0.1, -0.05) is 18.2 Å². The number of alkyl halides is 6. The van der Waals surface area contributed by atoms with Gasteiger partial charge in [-0.05, 0) is 42.8 Å². The number of nitrogens with one attached hydrogen (secondary N) is 2. The van der Waals surface area contributed by atoms with E-state index in [4.69, 9.17) is 0 Å². The molecule has 2 aromatic carbocycles. The van der Waals surface area contributed by atoms with Gasteiger partial charge in [-0.25, -0.2) is 8.42 Å². The van der Waals surface area contributed by atoms with Gasteiger partial charge in [-0.3, -0.25) is 0 Å². The summed E-state index contributed by atoms with van der Waals surface area (Å²) in [6.07, 6.45) is -9.29. The van der Waals surface area contributed by atoms with Crippen LogP contribution in [0.25, 0.3) is 0 Å². The van der Waals surface area contributed by atoms with Gasteiger partial charge in [0.25, 0.3) is 0 Å². The number of aromatic nitrogens is 3. The van der Waals surface area contributed by atoms with Crippen LogP contribution in [0.2, 0.25) is 0 Å². The largest absolute Gasteiger partial charge is 0.454 e. The molecule has 0 bridgehead atoms. The summed E-state index contributed by atoms with van der Waals surface area (Å²) in [4.78, 5) is 13.7. The fourth-order valence-corrected chi connectivity index (χ4v) is 5.14. The van der Waals surface area contributed by atoms with Gasteiger partial charge in [-0.15, -0.1) is 0 Å². The number of nitrogens with zero attached hydrogens (tertiary/aromatic N) is 5. The van der Waals surface area contributed by atoms with Crippen molar-refractivity contribution in [1.82, 2.24) is 19.3 Å². The molecule has 1 aromatic heterocycles. The molecule has 2 N–H and O–H groups in total. The molecule has 17 heteroatoms. The van der Waals surface area contributed by atoms with Gasteiger partial charge in [0.15, 0.2) is 6.61 Å². The van der Waals surface area contributed by atoms with E-state index in [1.807, 2.05) is 17.0 Å². The van der Waals surface area contributed by atoms with Crippen molar-refractivity contribution in [2.75, 3.05) is 54.1 Å². The molecule has 0 atom stereocenters. The molecule has 228 valence electrons. The Morgan fingerprint density at radius 2 is 1.60 bits per heavy atom. The minimum Gasteiger partial charge on any atom is -0.454 e. The van der Waals surface area contributed by atoms with Crippen molar-refractivity contribution >= 4 is 33.3 Å². The summed E-state index contributed by atoms with van der Waals surface area (Å²) >= 11 is 0. The third-order valence-electron chi connectivity index (χ3n) is 6.15. The first-order chi connectivity index (χ1) is 19.7. The molecular formula is C25H27F6N7O3S. The molecule has 0 aliphatic carbocycles. The zero-order valence-corrected chi connectivity index (χ0v) is 23.0. The summed E-state index contributed by atoms with van der Waals surface area (Å²) < 4.78 is 108. The van der Waals surface area contributed by atoms with E-state index in [0.29, 0.717) is 26.2 Å². The number of piperazine rings is 1. The zero-order valence-electron chi connectivity index (χ0n) is 22.2. The molecule has 1 saturated heterocycles. The van der Waals surface area contributed by atoms with E-state index in [1.54, 1.807) is 19.1 Å². The summed E-state index contributed by atoms with van der Waals surface area (Å²) in [5, 5.41) is 5.42. The summed E-state index contributed by atoms with van der Waals surface area (Å²) in [6, 6.07) is 10.8. The van der Waals surface area contributed by atoms with Crippen LogP contribution in [-0.4, -0.2) is 72.4 Å². The van der Waals surface area contributed by atoms with E-state index in [1.165, 1.54) is 10.4 Å². The first-order valence-corrected chi connectivity index (χ1v) is 14.3. The van der Waals surface area contributed by atoms with Gasteiger partial charge in [0, 0.05) is 44.1 Å². The quantitative estimate of drug-likeness (QED) is 0.313. The van der Waals surface area contributed by atoms with E-state index in [2.05, 4.69) is 30.3 Å². The van der Waals surface area contributed by atoms with Gasteiger partial charge in [0.05, 0.1) is 11.3 Å². The predicted molar refractivity (Wildman–Crippen MR) is 143 cm³/mol. The SMILES string of the molecule is CCS(=O)(=O)N1CCN(c2cccc(CNc3nc(Nc4cccc(C(F)(F)F)c4)nc(OCC(F)(F)F)n3)c2)CC1. The zero-order chi connectivity index (χ0) is 30.5. The molecule has 0 spiro atoms. The van der Waals surface area contributed by atoms with E-state index in [9.17, 15) is 34.8 Å². The van der Waals surface area contributed by atoms with Gasteiger partial charge in [0.2, 0.25) is 21.9 Å². The number of sulfonamides is 1. The molecule has 0 saturated carbocycles. The molecule has 1 fully saturated rings. The average Bonchev–Trinajstić information content (AvgIpc) is 2.94. The lowest BCUT2D eigenvalue weighted by Gasteiger charge is -2.35. The van der Waals surface area contributed by atoms with Crippen LogP contribution < -0.4 is 20.3 Å². The first-order valence-electron chi connectivity index (χ1n) is 12.7. The second kappa shape index (κ2) is 12.6. The lowest BCUT2D eigenvalue weighted by atomic mass is 10.1. The number of hydrogen-bond donors (Lipinski definition) is 2. The molecular weight excluding hydrogens is 592 g/mol. The number of hydrogen-bond acceptors (Lipinski definition) is 9. The van der Waals surface area contributed by atoms with Gasteiger partial charge >= 0.3 is 18.4 Å². The summed E-state index contributed by atoms with van der Waals surface area (Å²) in [5.74, 6) is -0.483. The van der Waals surface area contributed by atoms with Crippen LogP contribution in [0.5, 0.6) is 6.01 Å². The van der Waals surface area contributed by atoms with Crippen molar-refractivity contribution in [3.63, 3.8) is 0 Å². The maximum atomic E-state index is 13.1. The molecule has 1 aliphatic rings. The summed E-state index contributed by atoms with van der Waals surface area (Å²) in [5.41, 5.74) is 0.603. The van der Waals surface area contributed by atoms with Crippen molar-refractivity contribution in [3.05, 3.63) is 59.7 Å². The van der Waals surface area contributed by atoms with E-state index < -0.39 is 40.6 Å². The second-order valence-electron chi connectivity index (χ2n) is 9.18. The highest BCUT2D eigenvalue weighted by Crippen LogP contribution is 2.31.